The first-order valence-corrected chi connectivity index (χ1v) is 5.08. The van der Waals surface area contributed by atoms with Crippen molar-refractivity contribution in [1.82, 2.24) is 4.90 Å². The fourth-order valence-electron chi connectivity index (χ4n) is 1.19. The Kier molecular flexibility index (Phi) is 3.97. The second kappa shape index (κ2) is 5.03. The molecule has 0 fully saturated rings. The summed E-state index contributed by atoms with van der Waals surface area (Å²) >= 11 is 6.00. The minimum Gasteiger partial charge on any atom is -0.388 e. The zero-order valence-corrected chi connectivity index (χ0v) is 9.93. The van der Waals surface area contributed by atoms with Gasteiger partial charge in [-0.25, -0.2) is 0 Å². The van der Waals surface area contributed by atoms with E-state index in [4.69, 9.17) is 11.6 Å². The van der Waals surface area contributed by atoms with Crippen molar-refractivity contribution in [3.63, 3.8) is 0 Å². The summed E-state index contributed by atoms with van der Waals surface area (Å²) in [4.78, 5) is 13.1. The molecule has 4 heteroatoms. The second-order valence-electron chi connectivity index (χ2n) is 3.52. The molecule has 0 saturated heterocycles. The third-order valence-electron chi connectivity index (χ3n) is 2.17. The van der Waals surface area contributed by atoms with Crippen LogP contribution in [0.1, 0.15) is 5.56 Å². The fraction of sp³-hybridized carbons (Fsp3) is 0.364. The molecule has 3 nitrogen and oxygen atoms in total. The average molecular weight is 227 g/mol. The number of nitrogens with one attached hydrogen (secondary N) is 1. The highest BCUT2D eigenvalue weighted by atomic mass is 35.5. The molecule has 0 saturated carbocycles. The number of hydrogen-bond acceptors (Lipinski definition) is 2. The molecule has 1 N–H and O–H groups in total. The molecule has 0 unspecified atom stereocenters. The summed E-state index contributed by atoms with van der Waals surface area (Å²) in [6.45, 7) is 0. The SMILES string of the molecule is CNc1ccc(Cl)c(CC(=O)N(C)C)c1. The molecular formula is C11H15ClN2O. The molecule has 1 amide bonds. The van der Waals surface area contributed by atoms with Gasteiger partial charge in [-0.15, -0.1) is 0 Å². The van der Waals surface area contributed by atoms with Crippen LogP contribution in [0.15, 0.2) is 18.2 Å². The Bertz CT molecular complexity index is 364. The van der Waals surface area contributed by atoms with E-state index >= 15 is 0 Å². The molecule has 0 spiro atoms. The molecule has 0 atom stereocenters. The monoisotopic (exact) mass is 226 g/mol. The van der Waals surface area contributed by atoms with Crippen LogP contribution in [0.4, 0.5) is 5.69 Å². The Morgan fingerprint density at radius 3 is 2.67 bits per heavy atom. The van der Waals surface area contributed by atoms with Gasteiger partial charge in [-0.05, 0) is 23.8 Å². The van der Waals surface area contributed by atoms with E-state index in [9.17, 15) is 4.79 Å². The number of likely N-dealkylation sites (N-methyl/N-ethyl adjacent to an activating group) is 1. The van der Waals surface area contributed by atoms with Gasteiger partial charge in [0.25, 0.3) is 0 Å². The van der Waals surface area contributed by atoms with E-state index in [1.165, 1.54) is 0 Å². The number of halogens is 1. The summed E-state index contributed by atoms with van der Waals surface area (Å²) in [5, 5.41) is 3.64. The summed E-state index contributed by atoms with van der Waals surface area (Å²) in [5.74, 6) is 0.0464. The van der Waals surface area contributed by atoms with Crippen molar-refractivity contribution in [2.45, 2.75) is 6.42 Å². The van der Waals surface area contributed by atoms with E-state index in [-0.39, 0.29) is 5.91 Å². The van der Waals surface area contributed by atoms with Crippen molar-refractivity contribution in [3.8, 4) is 0 Å². The van der Waals surface area contributed by atoms with Gasteiger partial charge < -0.3 is 10.2 Å². The minimum atomic E-state index is 0.0464. The highest BCUT2D eigenvalue weighted by Gasteiger charge is 2.09. The molecule has 15 heavy (non-hydrogen) atoms. The van der Waals surface area contributed by atoms with Crippen molar-refractivity contribution in [3.05, 3.63) is 28.8 Å². The summed E-state index contributed by atoms with van der Waals surface area (Å²) < 4.78 is 0. The first-order chi connectivity index (χ1) is 7.04. The Morgan fingerprint density at radius 1 is 1.47 bits per heavy atom. The molecule has 0 aliphatic carbocycles. The standard InChI is InChI=1S/C11H15ClN2O/c1-13-9-4-5-10(12)8(6-9)7-11(15)14(2)3/h4-6,13H,7H2,1-3H3. The smallest absolute Gasteiger partial charge is 0.226 e. The summed E-state index contributed by atoms with van der Waals surface area (Å²) in [7, 11) is 5.30. The van der Waals surface area contributed by atoms with Crippen LogP contribution >= 0.6 is 11.6 Å². The molecule has 82 valence electrons. The molecule has 0 aromatic heterocycles. The lowest BCUT2D eigenvalue weighted by atomic mass is 10.1. The van der Waals surface area contributed by atoms with Gasteiger partial charge in [0.2, 0.25) is 5.91 Å². The molecule has 1 aromatic rings. The number of carbonyl (C=O) groups excluding carboxylic acids is 1. The largest absolute Gasteiger partial charge is 0.388 e. The molecular weight excluding hydrogens is 212 g/mol. The molecule has 0 bridgehead atoms. The molecule has 1 rings (SSSR count). The zero-order chi connectivity index (χ0) is 11.4. The number of rotatable bonds is 3. The van der Waals surface area contributed by atoms with Gasteiger partial charge in [0, 0.05) is 31.9 Å². The first-order valence-electron chi connectivity index (χ1n) is 4.71. The second-order valence-corrected chi connectivity index (χ2v) is 3.93. The van der Waals surface area contributed by atoms with E-state index in [0.717, 1.165) is 11.3 Å². The van der Waals surface area contributed by atoms with Gasteiger partial charge in [-0.1, -0.05) is 11.6 Å². The predicted octanol–water partition coefficient (Wildman–Crippen LogP) is 2.01. The highest BCUT2D eigenvalue weighted by Crippen LogP contribution is 2.21. The number of anilines is 1. The molecule has 0 radical (unpaired) electrons. The van der Waals surface area contributed by atoms with Crippen molar-refractivity contribution in [1.29, 1.82) is 0 Å². The number of nitrogens with zero attached hydrogens (tertiary/aromatic N) is 1. The normalized spacial score (nSPS) is 9.87. The lowest BCUT2D eigenvalue weighted by Crippen LogP contribution is -2.23. The van der Waals surface area contributed by atoms with Crippen LogP contribution in [-0.4, -0.2) is 32.0 Å². The lowest BCUT2D eigenvalue weighted by molar-refractivity contribution is -0.127. The maximum absolute atomic E-state index is 11.5. The minimum absolute atomic E-state index is 0.0464. The van der Waals surface area contributed by atoms with Crippen LogP contribution in [0.2, 0.25) is 5.02 Å². The number of benzene rings is 1. The van der Waals surface area contributed by atoms with Crippen molar-refractivity contribution >= 4 is 23.2 Å². The highest BCUT2D eigenvalue weighted by molar-refractivity contribution is 6.31. The molecule has 1 aromatic carbocycles. The Hall–Kier alpha value is -1.22. The third kappa shape index (κ3) is 3.13. The van der Waals surface area contributed by atoms with Crippen molar-refractivity contribution < 1.29 is 4.79 Å². The van der Waals surface area contributed by atoms with E-state index < -0.39 is 0 Å². The molecule has 0 aliphatic heterocycles. The van der Waals surface area contributed by atoms with Crippen LogP contribution in [0.5, 0.6) is 0 Å². The van der Waals surface area contributed by atoms with Gasteiger partial charge in [0.1, 0.15) is 0 Å². The average Bonchev–Trinajstić information content (AvgIpc) is 2.21. The van der Waals surface area contributed by atoms with Crippen LogP contribution < -0.4 is 5.32 Å². The van der Waals surface area contributed by atoms with Crippen LogP contribution in [0.3, 0.4) is 0 Å². The number of carbonyl (C=O) groups is 1. The van der Waals surface area contributed by atoms with E-state index in [0.29, 0.717) is 11.4 Å². The van der Waals surface area contributed by atoms with Gasteiger partial charge in [0.05, 0.1) is 6.42 Å². The Labute approximate surface area is 95.0 Å². The van der Waals surface area contributed by atoms with E-state index in [1.807, 2.05) is 19.2 Å². The van der Waals surface area contributed by atoms with Gasteiger partial charge >= 0.3 is 0 Å². The summed E-state index contributed by atoms with van der Waals surface area (Å²) in [6, 6.07) is 5.57. The van der Waals surface area contributed by atoms with Crippen LogP contribution in [0, 0.1) is 0 Å². The molecule has 0 heterocycles. The number of amides is 1. The van der Waals surface area contributed by atoms with E-state index in [2.05, 4.69) is 5.32 Å². The topological polar surface area (TPSA) is 32.3 Å². The fourth-order valence-corrected chi connectivity index (χ4v) is 1.37. The van der Waals surface area contributed by atoms with Gasteiger partial charge in [0.15, 0.2) is 0 Å². The quantitative estimate of drug-likeness (QED) is 0.855. The van der Waals surface area contributed by atoms with Crippen molar-refractivity contribution in [2.24, 2.45) is 0 Å². The lowest BCUT2D eigenvalue weighted by Gasteiger charge is -2.12. The van der Waals surface area contributed by atoms with Crippen LogP contribution in [-0.2, 0) is 11.2 Å². The maximum atomic E-state index is 11.5. The van der Waals surface area contributed by atoms with Gasteiger partial charge in [-0.3, -0.25) is 4.79 Å². The predicted molar refractivity (Wildman–Crippen MR) is 63.4 cm³/mol. The first kappa shape index (κ1) is 11.9. The van der Waals surface area contributed by atoms with Crippen molar-refractivity contribution in [2.75, 3.05) is 26.5 Å². The number of hydrogen-bond donors (Lipinski definition) is 1. The van der Waals surface area contributed by atoms with E-state index in [1.54, 1.807) is 25.1 Å². The maximum Gasteiger partial charge on any atom is 0.226 e. The summed E-state index contributed by atoms with van der Waals surface area (Å²) in [5.41, 5.74) is 1.81. The van der Waals surface area contributed by atoms with Gasteiger partial charge in [-0.2, -0.15) is 0 Å². The summed E-state index contributed by atoms with van der Waals surface area (Å²) in [6.07, 6.45) is 0.335. The molecule has 0 aliphatic rings. The Balaban J connectivity index is 2.88. The third-order valence-corrected chi connectivity index (χ3v) is 2.54. The zero-order valence-electron chi connectivity index (χ0n) is 9.17. The van der Waals surface area contributed by atoms with Crippen LogP contribution in [0.25, 0.3) is 0 Å². The Morgan fingerprint density at radius 2 is 2.13 bits per heavy atom.